The van der Waals surface area contributed by atoms with Crippen LogP contribution < -0.4 is 0 Å². The molecule has 1 unspecified atom stereocenters. The van der Waals surface area contributed by atoms with Gasteiger partial charge in [-0.3, -0.25) is 9.00 Å². The maximum Gasteiger partial charge on any atom is 0.415 e. The Labute approximate surface area is 243 Å². The van der Waals surface area contributed by atoms with Crippen LogP contribution in [0, 0.1) is 16.2 Å². The van der Waals surface area contributed by atoms with E-state index in [0.29, 0.717) is 0 Å². The zero-order chi connectivity index (χ0) is 36.0. The van der Waals surface area contributed by atoms with Gasteiger partial charge in [-0.05, 0) is 6.42 Å². The third-order valence-electron chi connectivity index (χ3n) is 7.07. The van der Waals surface area contributed by atoms with Crippen LogP contribution >= 0.6 is 22.9 Å². The van der Waals surface area contributed by atoms with Gasteiger partial charge in [0.2, 0.25) is 5.41 Å². The largest absolute Gasteiger partial charge is 0.415 e. The van der Waals surface area contributed by atoms with Crippen LogP contribution in [0.25, 0.3) is 0 Å². The van der Waals surface area contributed by atoms with E-state index < -0.39 is 131 Å². The molecule has 1 heterocycles. The Hall–Kier alpha value is -1.45. The number of halogens is 22. The first-order chi connectivity index (χ1) is 18.9. The second-order valence-electron chi connectivity index (χ2n) is 8.97. The molecule has 4 nitrogen and oxygen atoms in total. The number of thiol groups is 1. The van der Waals surface area contributed by atoms with E-state index in [2.05, 4.69) is 0 Å². The van der Waals surface area contributed by atoms with Crippen molar-refractivity contribution in [3.05, 3.63) is 0 Å². The number of carbonyl (C=O) groups is 2. The highest BCUT2D eigenvalue weighted by atomic mass is 127. The minimum Gasteiger partial charge on any atom is -0.302 e. The molecule has 0 aromatic carbocycles. The van der Waals surface area contributed by atoms with Gasteiger partial charge in [0.05, 0.1) is 28.6 Å². The van der Waals surface area contributed by atoms with Crippen molar-refractivity contribution in [1.82, 2.24) is 2.52 Å². The van der Waals surface area contributed by atoms with Gasteiger partial charge in [0.1, 0.15) is 11.7 Å². The van der Waals surface area contributed by atoms with Gasteiger partial charge < -0.3 is 4.79 Å². The Balaban J connectivity index is 5.83. The van der Waals surface area contributed by atoms with Gasteiger partial charge in [-0.1, -0.05) is 13.3 Å². The molecule has 0 aromatic rings. The van der Waals surface area contributed by atoms with Gasteiger partial charge in [0.15, 0.2) is 0 Å². The average Bonchev–Trinajstić information content (AvgIpc) is 2.74. The molecular formula is C17H11F21INO3S. The lowest BCUT2D eigenvalue weighted by atomic mass is 9.42. The molecule has 1 atom stereocenters. The summed E-state index contributed by atoms with van der Waals surface area (Å²) in [6.45, 7) is -0.270. The van der Waals surface area contributed by atoms with Gasteiger partial charge >= 0.3 is 43.2 Å². The molecule has 0 bridgehead atoms. The monoisotopic (exact) mass is 835 g/mol. The van der Waals surface area contributed by atoms with Gasteiger partial charge in [-0.15, -0.1) is 0 Å². The van der Waals surface area contributed by atoms with Crippen molar-refractivity contribution in [1.29, 1.82) is 0 Å². The Morgan fingerprint density at radius 1 is 0.659 bits per heavy atom. The van der Waals surface area contributed by atoms with Crippen LogP contribution in [0.15, 0.2) is 0 Å². The predicted molar refractivity (Wildman–Crippen MR) is 109 cm³/mol. The normalized spacial score (nSPS) is 25.8. The third kappa shape index (κ3) is 4.29. The summed E-state index contributed by atoms with van der Waals surface area (Å²) in [4.78, 5) is 23.9. The van der Waals surface area contributed by atoms with Crippen molar-refractivity contribution in [3.63, 3.8) is 0 Å². The van der Waals surface area contributed by atoms with Gasteiger partial charge in [0, 0.05) is 10.1 Å². The van der Waals surface area contributed by atoms with Crippen molar-refractivity contribution >= 4 is 45.2 Å². The Kier molecular flexibility index (Phi) is 9.71. The number of nitrogens with zero attached hydrogens (tertiary/aromatic N) is 1. The van der Waals surface area contributed by atoms with Gasteiger partial charge in [-0.2, -0.15) is 92.2 Å². The molecule has 27 heteroatoms. The molecule has 1 amide bonds. The number of rotatable bonds is 4. The van der Waals surface area contributed by atoms with Crippen LogP contribution in [0.1, 0.15) is 19.8 Å². The second-order valence-corrected chi connectivity index (χ2v) is 13.5. The first-order valence-electron chi connectivity index (χ1n) is 10.4. The zero-order valence-electron chi connectivity index (χ0n) is 20.1. The number of hydrogen-bond acceptors (Lipinski definition) is 3. The molecule has 44 heavy (non-hydrogen) atoms. The molecule has 0 radical (unpaired) electrons. The molecule has 262 valence electrons. The molecule has 0 aromatic heterocycles. The fourth-order valence-corrected chi connectivity index (χ4v) is 11.0. The Morgan fingerprint density at radius 2 is 1.00 bits per heavy atom. The van der Waals surface area contributed by atoms with Crippen molar-refractivity contribution in [2.24, 2.45) is 16.2 Å². The van der Waals surface area contributed by atoms with E-state index in [9.17, 15) is 106 Å². The first kappa shape index (κ1) is 40.6. The zero-order valence-corrected chi connectivity index (χ0v) is 23.2. The molecular weight excluding hydrogens is 824 g/mol. The highest BCUT2D eigenvalue weighted by molar-refractivity contribution is 14.1. The van der Waals surface area contributed by atoms with Crippen LogP contribution in [0.5, 0.6) is 0 Å². The lowest BCUT2D eigenvalue weighted by molar-refractivity contribution is -0.514. The van der Waals surface area contributed by atoms with Crippen molar-refractivity contribution in [2.75, 3.05) is 5.75 Å². The van der Waals surface area contributed by atoms with Crippen LogP contribution in [-0.2, 0) is 19.7 Å². The quantitative estimate of drug-likeness (QED) is 0.104. The summed E-state index contributed by atoms with van der Waals surface area (Å²) in [7, 11) is -9.08. The first-order valence-corrected chi connectivity index (χ1v) is 13.3. The molecule has 0 aliphatic carbocycles. The fraction of sp³-hybridized carbons (Fsp3) is 0.882. The predicted octanol–water partition coefficient (Wildman–Crippen LogP) is 7.74. The maximum absolute atomic E-state index is 14.9. The summed E-state index contributed by atoms with van der Waals surface area (Å²) in [6, 6.07) is 0. The summed E-state index contributed by atoms with van der Waals surface area (Å²) >= 11 is -0.974. The van der Waals surface area contributed by atoms with Gasteiger partial charge in [0.25, 0.3) is 16.1 Å². The van der Waals surface area contributed by atoms with E-state index >= 15 is 0 Å². The molecule has 1 fully saturated rings. The topological polar surface area (TPSA) is 54.5 Å². The average molecular weight is 835 g/mol. The number of hydrogen-bond donors (Lipinski definition) is 1. The Bertz CT molecular complexity index is 1130. The summed E-state index contributed by atoms with van der Waals surface area (Å²) in [6.07, 6.45) is -70.9. The SMILES string of the molecule is CCCC1(C(F)(F)F)C(C(F)(F)F)(C(F)(F)F)C(=O)N(I)[SH](=O)(CC=O)C(C(F)(F)F)(C(F)(F)F)C1(C(F)(F)F)C(F)(F)F. The number of aldehydes is 1. The van der Waals surface area contributed by atoms with Crippen LogP contribution in [0.4, 0.5) is 92.2 Å². The third-order valence-corrected chi connectivity index (χ3v) is 12.9. The van der Waals surface area contributed by atoms with Crippen LogP contribution in [-0.4, -0.2) is 72.7 Å². The highest BCUT2D eigenvalue weighted by Gasteiger charge is 3.10. The second kappa shape index (κ2) is 10.5. The van der Waals surface area contributed by atoms with Crippen molar-refractivity contribution in [2.45, 2.75) is 67.7 Å². The molecule has 1 saturated heterocycles. The minimum absolute atomic E-state index is 0.270. The summed E-state index contributed by atoms with van der Waals surface area (Å²) in [5, 5.41) is 0. The molecule has 0 spiro atoms. The van der Waals surface area contributed by atoms with E-state index in [-0.39, 0.29) is 6.92 Å². The fourth-order valence-electron chi connectivity index (χ4n) is 6.00. The summed E-state index contributed by atoms with van der Waals surface area (Å²) in [5.74, 6) is -8.75. The molecule has 0 saturated carbocycles. The minimum atomic E-state index is -9.59. The number of amides is 1. The molecule has 1 aliphatic heterocycles. The van der Waals surface area contributed by atoms with E-state index in [0.717, 1.165) is 0 Å². The van der Waals surface area contributed by atoms with Gasteiger partial charge in [-0.25, -0.2) is 2.52 Å². The van der Waals surface area contributed by atoms with E-state index in [4.69, 9.17) is 0 Å². The summed E-state index contributed by atoms with van der Waals surface area (Å²) in [5.41, 5.74) is -26.8. The van der Waals surface area contributed by atoms with E-state index in [1.807, 2.05) is 0 Å². The maximum atomic E-state index is 14.9. The molecule has 0 N–H and O–H groups in total. The van der Waals surface area contributed by atoms with Crippen LogP contribution in [0.2, 0.25) is 0 Å². The highest BCUT2D eigenvalue weighted by Crippen LogP contribution is 2.86. The number of alkyl halides is 21. The summed E-state index contributed by atoms with van der Waals surface area (Å²) < 4.78 is 311. The number of carbonyl (C=O) groups excluding carboxylic acids is 2. The standard InChI is InChI=1S/C17H11F21INO3S/c1-2-3-7(11(18,19)20)8(12(21,22)23,13(24,25)26)6(42)40(39)44(43,5-4-41)10(16(33,34)35,17(36,37)38)9(7,14(27,28)29)15(30,31)32/h4,44H,2-3,5H2,1H3. The van der Waals surface area contributed by atoms with E-state index in [1.165, 1.54) is 0 Å². The van der Waals surface area contributed by atoms with Crippen LogP contribution in [0.3, 0.4) is 0 Å². The Morgan fingerprint density at radius 3 is 1.20 bits per heavy atom. The lowest BCUT2D eigenvalue weighted by Crippen LogP contribution is -2.88. The van der Waals surface area contributed by atoms with Crippen molar-refractivity contribution in [3.8, 4) is 0 Å². The lowest BCUT2D eigenvalue weighted by Gasteiger charge is -2.63. The van der Waals surface area contributed by atoms with E-state index in [1.54, 1.807) is 0 Å². The molecule has 1 rings (SSSR count). The molecule has 1 aliphatic rings. The smallest absolute Gasteiger partial charge is 0.302 e. The van der Waals surface area contributed by atoms with Crippen molar-refractivity contribution < 1.29 is 106 Å².